The molecule has 2 fully saturated rings. The highest BCUT2D eigenvalue weighted by Gasteiger charge is 2.52. The predicted molar refractivity (Wildman–Crippen MR) is 129 cm³/mol. The van der Waals surface area contributed by atoms with Crippen molar-refractivity contribution in [3.8, 4) is 22.4 Å². The van der Waals surface area contributed by atoms with E-state index in [0.29, 0.717) is 22.8 Å². The first kappa shape index (κ1) is 20.5. The van der Waals surface area contributed by atoms with Crippen LogP contribution in [0.1, 0.15) is 6.92 Å². The van der Waals surface area contributed by atoms with Crippen LogP contribution in [0.25, 0.3) is 33.3 Å². The molecule has 0 unspecified atom stereocenters. The molecule has 4 heterocycles. The van der Waals surface area contributed by atoms with Crippen molar-refractivity contribution < 1.29 is 9.18 Å². The second-order valence-electron chi connectivity index (χ2n) is 9.32. The van der Waals surface area contributed by atoms with E-state index < -0.39 is 0 Å². The molecule has 2 aliphatic heterocycles. The Hall–Kier alpha value is -4.07. The van der Waals surface area contributed by atoms with E-state index in [1.165, 1.54) is 6.33 Å². The summed E-state index contributed by atoms with van der Waals surface area (Å²) in [6, 6.07) is 14.9. The molecule has 0 aliphatic carbocycles. The van der Waals surface area contributed by atoms with Crippen LogP contribution in [0.15, 0.2) is 61.1 Å². The number of pyridine rings is 1. The maximum Gasteiger partial charge on any atom is 0.219 e. The predicted octanol–water partition coefficient (Wildman–Crippen LogP) is 3.75. The van der Waals surface area contributed by atoms with Crippen molar-refractivity contribution in [2.75, 3.05) is 36.8 Å². The standard InChI is InChI=1S/C26H23FN6O/c1-16(34)32-11-26(12-32)13-33(14-26)23-5-3-19(9-21(23)27)25-20-8-17(2-4-22(20)30-15-31-25)18-6-7-29-24(28)10-18/h2-10,15H,11-14H2,1H3,(H2,28,29). The first-order chi connectivity index (χ1) is 16.4. The molecule has 1 spiro atoms. The minimum absolute atomic E-state index is 0.104. The first-order valence-corrected chi connectivity index (χ1v) is 11.2. The maximum absolute atomic E-state index is 15.2. The number of carbonyl (C=O) groups is 1. The van der Waals surface area contributed by atoms with Gasteiger partial charge >= 0.3 is 0 Å². The van der Waals surface area contributed by atoms with Gasteiger partial charge in [0.1, 0.15) is 18.0 Å². The number of benzene rings is 2. The van der Waals surface area contributed by atoms with E-state index in [9.17, 15) is 4.79 Å². The van der Waals surface area contributed by atoms with Gasteiger partial charge < -0.3 is 15.5 Å². The van der Waals surface area contributed by atoms with Crippen molar-refractivity contribution in [2.45, 2.75) is 6.92 Å². The fourth-order valence-electron chi connectivity index (χ4n) is 5.12. The highest BCUT2D eigenvalue weighted by molar-refractivity contribution is 5.95. The summed E-state index contributed by atoms with van der Waals surface area (Å²) in [5.41, 5.74) is 10.6. The Kier molecular flexibility index (Phi) is 4.52. The molecule has 34 heavy (non-hydrogen) atoms. The maximum atomic E-state index is 15.2. The van der Waals surface area contributed by atoms with Crippen LogP contribution in [0.5, 0.6) is 0 Å². The molecular weight excluding hydrogens is 431 g/mol. The number of anilines is 2. The van der Waals surface area contributed by atoms with Gasteiger partial charge in [0, 0.05) is 55.7 Å². The second kappa shape index (κ2) is 7.48. The van der Waals surface area contributed by atoms with E-state index in [4.69, 9.17) is 5.73 Å². The van der Waals surface area contributed by atoms with Crippen LogP contribution < -0.4 is 10.6 Å². The number of amides is 1. The van der Waals surface area contributed by atoms with Crippen molar-refractivity contribution in [1.82, 2.24) is 19.9 Å². The molecule has 170 valence electrons. The molecule has 4 aromatic rings. The lowest BCUT2D eigenvalue weighted by Crippen LogP contribution is -2.73. The Morgan fingerprint density at radius 1 is 0.941 bits per heavy atom. The second-order valence-corrected chi connectivity index (χ2v) is 9.32. The topological polar surface area (TPSA) is 88.2 Å². The number of nitrogens with zero attached hydrogens (tertiary/aromatic N) is 5. The Morgan fingerprint density at radius 2 is 1.71 bits per heavy atom. The Balaban J connectivity index is 1.30. The number of fused-ring (bicyclic) bond motifs is 1. The van der Waals surface area contributed by atoms with E-state index >= 15 is 4.39 Å². The number of likely N-dealkylation sites (tertiary alicyclic amines) is 1. The fourth-order valence-corrected chi connectivity index (χ4v) is 5.12. The summed E-state index contributed by atoms with van der Waals surface area (Å²) < 4.78 is 15.2. The van der Waals surface area contributed by atoms with Crippen LogP contribution in [0.3, 0.4) is 0 Å². The fraction of sp³-hybridized carbons (Fsp3) is 0.231. The van der Waals surface area contributed by atoms with Crippen LogP contribution in [0.2, 0.25) is 0 Å². The zero-order chi connectivity index (χ0) is 23.4. The molecule has 7 nitrogen and oxygen atoms in total. The molecule has 0 bridgehead atoms. The largest absolute Gasteiger partial charge is 0.384 e. The summed E-state index contributed by atoms with van der Waals surface area (Å²) >= 11 is 0. The van der Waals surface area contributed by atoms with Gasteiger partial charge in [-0.25, -0.2) is 19.3 Å². The van der Waals surface area contributed by atoms with Gasteiger partial charge in [0.2, 0.25) is 5.91 Å². The van der Waals surface area contributed by atoms with Gasteiger partial charge in [-0.05, 0) is 47.5 Å². The number of hydrogen-bond acceptors (Lipinski definition) is 6. The van der Waals surface area contributed by atoms with Gasteiger partial charge in [0.05, 0.1) is 16.9 Å². The minimum atomic E-state index is -0.278. The zero-order valence-electron chi connectivity index (χ0n) is 18.7. The van der Waals surface area contributed by atoms with E-state index in [0.717, 1.165) is 48.2 Å². The average molecular weight is 455 g/mol. The smallest absolute Gasteiger partial charge is 0.219 e. The lowest BCUT2D eigenvalue weighted by atomic mass is 9.72. The summed E-state index contributed by atoms with van der Waals surface area (Å²) in [5, 5.41) is 0.837. The zero-order valence-corrected chi connectivity index (χ0v) is 18.7. The third-order valence-electron chi connectivity index (χ3n) is 6.86. The number of rotatable bonds is 3. The van der Waals surface area contributed by atoms with Crippen LogP contribution >= 0.6 is 0 Å². The summed E-state index contributed by atoms with van der Waals surface area (Å²) in [4.78, 5) is 28.3. The van der Waals surface area contributed by atoms with Crippen molar-refractivity contribution >= 4 is 28.3 Å². The third-order valence-corrected chi connectivity index (χ3v) is 6.86. The lowest BCUT2D eigenvalue weighted by molar-refractivity contribution is -0.142. The highest BCUT2D eigenvalue weighted by Crippen LogP contribution is 2.43. The molecule has 1 amide bonds. The van der Waals surface area contributed by atoms with Gasteiger partial charge in [-0.3, -0.25) is 4.79 Å². The van der Waals surface area contributed by atoms with Gasteiger partial charge in [-0.15, -0.1) is 0 Å². The number of nitrogens with two attached hydrogens (primary N) is 1. The van der Waals surface area contributed by atoms with Crippen LogP contribution in [0.4, 0.5) is 15.9 Å². The van der Waals surface area contributed by atoms with Crippen molar-refractivity contribution in [2.24, 2.45) is 5.41 Å². The highest BCUT2D eigenvalue weighted by atomic mass is 19.1. The Morgan fingerprint density at radius 3 is 2.44 bits per heavy atom. The number of aromatic nitrogens is 3. The SMILES string of the molecule is CC(=O)N1CC2(C1)CN(c1ccc(-c3ncnc4ccc(-c5ccnc(N)c5)cc34)cc1F)C2. The molecule has 2 N–H and O–H groups in total. The van der Waals surface area contributed by atoms with Crippen molar-refractivity contribution in [3.05, 3.63) is 66.9 Å². The van der Waals surface area contributed by atoms with E-state index in [1.807, 2.05) is 52.3 Å². The summed E-state index contributed by atoms with van der Waals surface area (Å²) in [6.07, 6.45) is 3.18. The molecule has 0 radical (unpaired) electrons. The van der Waals surface area contributed by atoms with Crippen molar-refractivity contribution in [3.63, 3.8) is 0 Å². The Labute approximate surface area is 196 Å². The van der Waals surface area contributed by atoms with E-state index in [-0.39, 0.29) is 17.1 Å². The minimum Gasteiger partial charge on any atom is -0.384 e. The summed E-state index contributed by atoms with van der Waals surface area (Å²) in [7, 11) is 0. The molecule has 2 aromatic carbocycles. The average Bonchev–Trinajstić information content (AvgIpc) is 2.77. The number of nitrogen functional groups attached to an aromatic ring is 1. The number of carbonyl (C=O) groups excluding carboxylic acids is 1. The summed E-state index contributed by atoms with van der Waals surface area (Å²) in [6.45, 7) is 4.64. The van der Waals surface area contributed by atoms with E-state index in [1.54, 1.807) is 19.2 Å². The van der Waals surface area contributed by atoms with Crippen LogP contribution in [-0.2, 0) is 4.79 Å². The summed E-state index contributed by atoms with van der Waals surface area (Å²) in [5.74, 6) is 0.274. The number of hydrogen-bond donors (Lipinski definition) is 1. The monoisotopic (exact) mass is 454 g/mol. The van der Waals surface area contributed by atoms with Gasteiger partial charge in [-0.2, -0.15) is 0 Å². The van der Waals surface area contributed by atoms with Gasteiger partial charge in [0.25, 0.3) is 0 Å². The van der Waals surface area contributed by atoms with E-state index in [2.05, 4.69) is 15.0 Å². The van der Waals surface area contributed by atoms with Crippen LogP contribution in [0, 0.1) is 11.2 Å². The molecule has 2 saturated heterocycles. The molecule has 2 aromatic heterocycles. The lowest BCUT2D eigenvalue weighted by Gasteiger charge is -2.60. The Bertz CT molecular complexity index is 1440. The number of halogens is 1. The quantitative estimate of drug-likeness (QED) is 0.507. The molecule has 2 aliphatic rings. The van der Waals surface area contributed by atoms with Crippen LogP contribution in [-0.4, -0.2) is 51.9 Å². The first-order valence-electron chi connectivity index (χ1n) is 11.2. The van der Waals surface area contributed by atoms with Crippen molar-refractivity contribution in [1.29, 1.82) is 0 Å². The van der Waals surface area contributed by atoms with Gasteiger partial charge in [-0.1, -0.05) is 12.1 Å². The molecule has 6 rings (SSSR count). The van der Waals surface area contributed by atoms with Gasteiger partial charge in [0.15, 0.2) is 0 Å². The normalized spacial score (nSPS) is 16.4. The molecule has 8 heteroatoms. The molecular formula is C26H23FN6O. The third kappa shape index (κ3) is 3.34. The molecule has 0 atom stereocenters. The molecule has 0 saturated carbocycles.